The Balaban J connectivity index is 2.23. The lowest BCUT2D eigenvalue weighted by molar-refractivity contribution is 0.390. The largest absolute Gasteiger partial charge is 0.490 e. The third-order valence-corrected chi connectivity index (χ3v) is 3.79. The maximum absolute atomic E-state index is 12.6. The molecule has 2 aromatic carbocycles. The summed E-state index contributed by atoms with van der Waals surface area (Å²) < 4.78 is 11.2. The summed E-state index contributed by atoms with van der Waals surface area (Å²) in [6, 6.07) is 14.8. The van der Waals surface area contributed by atoms with E-state index in [4.69, 9.17) is 20.8 Å². The molecule has 0 unspecified atom stereocenters. The second-order valence-electron chi connectivity index (χ2n) is 5.17. The fourth-order valence-electron chi connectivity index (χ4n) is 2.46. The van der Waals surface area contributed by atoms with Crippen molar-refractivity contribution in [2.75, 3.05) is 7.11 Å². The standard InChI is InChI=1S/C19H15ClO3/c1-12(10-13-6-4-3-5-7-13)18-19(22-2)17(21)15-11-14(20)8-9-16(15)23-18/h3-11H,1-2H3/b12-10-. The van der Waals surface area contributed by atoms with Gasteiger partial charge in [0.1, 0.15) is 5.58 Å². The van der Waals surface area contributed by atoms with Crippen molar-refractivity contribution in [2.24, 2.45) is 0 Å². The second-order valence-corrected chi connectivity index (χ2v) is 5.61. The summed E-state index contributed by atoms with van der Waals surface area (Å²) in [4.78, 5) is 12.6. The van der Waals surface area contributed by atoms with Crippen LogP contribution in [0.25, 0.3) is 22.6 Å². The van der Waals surface area contributed by atoms with Crippen LogP contribution in [-0.2, 0) is 0 Å². The number of rotatable bonds is 3. The number of methoxy groups -OCH3 is 1. The van der Waals surface area contributed by atoms with Crippen molar-refractivity contribution >= 4 is 34.2 Å². The van der Waals surface area contributed by atoms with Gasteiger partial charge in [-0.2, -0.15) is 0 Å². The number of fused-ring (bicyclic) bond motifs is 1. The molecule has 0 radical (unpaired) electrons. The minimum atomic E-state index is -0.230. The highest BCUT2D eigenvalue weighted by Crippen LogP contribution is 2.29. The van der Waals surface area contributed by atoms with E-state index in [9.17, 15) is 4.79 Å². The van der Waals surface area contributed by atoms with Crippen LogP contribution in [0.1, 0.15) is 18.2 Å². The van der Waals surface area contributed by atoms with Crippen LogP contribution < -0.4 is 10.2 Å². The monoisotopic (exact) mass is 326 g/mol. The number of hydrogen-bond acceptors (Lipinski definition) is 3. The molecular weight excluding hydrogens is 312 g/mol. The smallest absolute Gasteiger partial charge is 0.235 e. The van der Waals surface area contributed by atoms with E-state index in [1.54, 1.807) is 18.2 Å². The third-order valence-electron chi connectivity index (χ3n) is 3.56. The predicted octanol–water partition coefficient (Wildman–Crippen LogP) is 5.02. The molecule has 3 aromatic rings. The lowest BCUT2D eigenvalue weighted by Gasteiger charge is -2.09. The normalized spacial score (nSPS) is 11.7. The number of hydrogen-bond donors (Lipinski definition) is 0. The van der Waals surface area contributed by atoms with Gasteiger partial charge in [-0.3, -0.25) is 4.79 Å². The van der Waals surface area contributed by atoms with Crippen molar-refractivity contribution in [3.63, 3.8) is 0 Å². The number of benzene rings is 2. The molecule has 0 spiro atoms. The highest BCUT2D eigenvalue weighted by molar-refractivity contribution is 6.31. The van der Waals surface area contributed by atoms with E-state index >= 15 is 0 Å². The number of ether oxygens (including phenoxy) is 1. The average Bonchev–Trinajstić information content (AvgIpc) is 2.56. The van der Waals surface area contributed by atoms with Crippen molar-refractivity contribution in [3.05, 3.63) is 75.1 Å². The molecule has 0 aliphatic rings. The summed E-state index contributed by atoms with van der Waals surface area (Å²) in [5, 5.41) is 0.891. The molecule has 0 aliphatic carbocycles. The molecule has 0 amide bonds. The third kappa shape index (κ3) is 3.01. The van der Waals surface area contributed by atoms with Crippen molar-refractivity contribution < 1.29 is 9.15 Å². The summed E-state index contributed by atoms with van der Waals surface area (Å²) >= 11 is 5.96. The fraction of sp³-hybridized carbons (Fsp3) is 0.105. The molecular formula is C19H15ClO3. The van der Waals surface area contributed by atoms with Gasteiger partial charge >= 0.3 is 0 Å². The van der Waals surface area contributed by atoms with E-state index < -0.39 is 0 Å². The number of halogens is 1. The van der Waals surface area contributed by atoms with Crippen LogP contribution in [0.2, 0.25) is 5.02 Å². The minimum Gasteiger partial charge on any atom is -0.490 e. The molecule has 116 valence electrons. The van der Waals surface area contributed by atoms with Crippen LogP contribution >= 0.6 is 11.6 Å². The Kier molecular flexibility index (Phi) is 4.22. The Morgan fingerprint density at radius 3 is 2.61 bits per heavy atom. The molecule has 0 saturated carbocycles. The van der Waals surface area contributed by atoms with E-state index in [0.717, 1.165) is 11.1 Å². The van der Waals surface area contributed by atoms with Crippen LogP contribution in [0, 0.1) is 0 Å². The lowest BCUT2D eigenvalue weighted by atomic mass is 10.1. The molecule has 0 bridgehead atoms. The Hall–Kier alpha value is -2.52. The van der Waals surface area contributed by atoms with Gasteiger partial charge in [0.2, 0.25) is 11.2 Å². The van der Waals surface area contributed by atoms with Gasteiger partial charge in [0.05, 0.1) is 12.5 Å². The van der Waals surface area contributed by atoms with Crippen LogP contribution in [-0.4, -0.2) is 7.11 Å². The lowest BCUT2D eigenvalue weighted by Crippen LogP contribution is -2.08. The minimum absolute atomic E-state index is 0.185. The molecule has 0 atom stereocenters. The summed E-state index contributed by atoms with van der Waals surface area (Å²) in [6.45, 7) is 1.88. The second kappa shape index (κ2) is 6.31. The zero-order valence-electron chi connectivity index (χ0n) is 12.8. The van der Waals surface area contributed by atoms with Crippen molar-refractivity contribution in [2.45, 2.75) is 6.92 Å². The Morgan fingerprint density at radius 1 is 1.17 bits per heavy atom. The first kappa shape index (κ1) is 15.4. The van der Waals surface area contributed by atoms with Crippen LogP contribution in [0.4, 0.5) is 0 Å². The van der Waals surface area contributed by atoms with Gasteiger partial charge in [-0.05, 0) is 42.3 Å². The van der Waals surface area contributed by atoms with Crippen LogP contribution in [0.3, 0.4) is 0 Å². The SMILES string of the molecule is COc1c(/C(C)=C\c2ccccc2)oc2ccc(Cl)cc2c1=O. The van der Waals surface area contributed by atoms with Crippen molar-refractivity contribution in [1.82, 2.24) is 0 Å². The molecule has 3 rings (SSSR count). The molecule has 0 fully saturated rings. The van der Waals surface area contributed by atoms with Gasteiger partial charge in [-0.25, -0.2) is 0 Å². The first-order chi connectivity index (χ1) is 11.1. The molecule has 4 heteroatoms. The van der Waals surface area contributed by atoms with Crippen molar-refractivity contribution in [3.8, 4) is 5.75 Å². The van der Waals surface area contributed by atoms with Gasteiger partial charge in [-0.1, -0.05) is 41.9 Å². The zero-order valence-corrected chi connectivity index (χ0v) is 13.6. The molecule has 0 aliphatic heterocycles. The fourth-order valence-corrected chi connectivity index (χ4v) is 2.63. The van der Waals surface area contributed by atoms with Crippen LogP contribution in [0.5, 0.6) is 5.75 Å². The average molecular weight is 327 g/mol. The van der Waals surface area contributed by atoms with E-state index in [-0.39, 0.29) is 11.2 Å². The van der Waals surface area contributed by atoms with E-state index in [0.29, 0.717) is 21.8 Å². The predicted molar refractivity (Wildman–Crippen MR) is 94.0 cm³/mol. The molecule has 0 N–H and O–H groups in total. The summed E-state index contributed by atoms with van der Waals surface area (Å²) in [7, 11) is 1.46. The number of allylic oxidation sites excluding steroid dienone is 1. The van der Waals surface area contributed by atoms with Gasteiger partial charge in [0, 0.05) is 5.02 Å². The molecule has 0 saturated heterocycles. The van der Waals surface area contributed by atoms with Crippen molar-refractivity contribution in [1.29, 1.82) is 0 Å². The van der Waals surface area contributed by atoms with Crippen LogP contribution in [0.15, 0.2) is 57.7 Å². The zero-order chi connectivity index (χ0) is 16.4. The van der Waals surface area contributed by atoms with E-state index in [1.807, 2.05) is 43.3 Å². The summed E-state index contributed by atoms with van der Waals surface area (Å²) in [5.41, 5.74) is 2.08. The van der Waals surface area contributed by atoms with Gasteiger partial charge in [-0.15, -0.1) is 0 Å². The maximum Gasteiger partial charge on any atom is 0.235 e. The first-order valence-corrected chi connectivity index (χ1v) is 7.52. The maximum atomic E-state index is 12.6. The van der Waals surface area contributed by atoms with Gasteiger partial charge < -0.3 is 9.15 Å². The highest BCUT2D eigenvalue weighted by atomic mass is 35.5. The van der Waals surface area contributed by atoms with Gasteiger partial charge in [0.15, 0.2) is 5.76 Å². The summed E-state index contributed by atoms with van der Waals surface area (Å²) in [5.74, 6) is 0.612. The highest BCUT2D eigenvalue weighted by Gasteiger charge is 2.16. The Labute approximate surface area is 138 Å². The molecule has 1 heterocycles. The topological polar surface area (TPSA) is 39.4 Å². The first-order valence-electron chi connectivity index (χ1n) is 7.14. The Morgan fingerprint density at radius 2 is 1.91 bits per heavy atom. The summed E-state index contributed by atoms with van der Waals surface area (Å²) in [6.07, 6.45) is 1.95. The molecule has 1 aromatic heterocycles. The quantitative estimate of drug-likeness (QED) is 0.678. The molecule has 3 nitrogen and oxygen atoms in total. The Bertz CT molecular complexity index is 940. The van der Waals surface area contributed by atoms with Gasteiger partial charge in [0.25, 0.3) is 0 Å². The van der Waals surface area contributed by atoms with E-state index in [2.05, 4.69) is 0 Å². The molecule has 23 heavy (non-hydrogen) atoms. The van der Waals surface area contributed by atoms with E-state index in [1.165, 1.54) is 7.11 Å².